The van der Waals surface area contributed by atoms with Crippen LogP contribution in [0, 0.1) is 0 Å². The normalized spacial score (nSPS) is 17.3. The number of ether oxygens (including phenoxy) is 6. The average molecular weight is 1380 g/mol. The van der Waals surface area contributed by atoms with Crippen LogP contribution in [0.4, 0.5) is 0 Å². The van der Waals surface area contributed by atoms with Gasteiger partial charge in [0.1, 0.15) is 36.6 Å². The Hall–Kier alpha value is -3.23. The summed E-state index contributed by atoms with van der Waals surface area (Å²) in [6.45, 7) is 21.5. The predicted octanol–water partition coefficient (Wildman–Crippen LogP) is 16.5. The van der Waals surface area contributed by atoms with Crippen LogP contribution in [-0.2, 0) is 66.3 Å². The molecule has 5 N–H and O–H groups in total. The fourth-order valence-electron chi connectivity index (χ4n) is 11.9. The maximum atomic E-state index is 14.5. The van der Waals surface area contributed by atoms with E-state index in [9.17, 15) is 48.2 Å². The third kappa shape index (κ3) is 52.5. The van der Waals surface area contributed by atoms with Crippen molar-refractivity contribution >= 4 is 43.5 Å². The first kappa shape index (κ1) is 91.8. The third-order valence-electron chi connectivity index (χ3n) is 17.7. The van der Waals surface area contributed by atoms with Gasteiger partial charge in [-0.2, -0.15) is 0 Å². The second-order valence-corrected chi connectivity index (χ2v) is 27.5. The molecule has 560 valence electrons. The number of hydrogen-bond donors (Lipinski definition) is 5. The van der Waals surface area contributed by atoms with Crippen molar-refractivity contribution in [1.82, 2.24) is 15.5 Å². The number of aliphatic hydroxyl groups is 1. The third-order valence-corrected chi connectivity index (χ3v) is 18.2. The Morgan fingerprint density at radius 1 is 0.442 bits per heavy atom. The van der Waals surface area contributed by atoms with E-state index < -0.39 is 99.5 Å². The maximum Gasteiger partial charge on any atom is 0.470 e. The van der Waals surface area contributed by atoms with Crippen molar-refractivity contribution in [3.63, 3.8) is 0 Å². The molecule has 95 heavy (non-hydrogen) atoms. The fraction of sp³-hybridized carbons (Fsp3) is 0.919. The van der Waals surface area contributed by atoms with Gasteiger partial charge in [0.15, 0.2) is 12.4 Å². The Balaban J connectivity index is 0.0000119. The molecule has 8 atom stereocenters. The lowest BCUT2D eigenvalue weighted by Gasteiger charge is -2.45. The van der Waals surface area contributed by atoms with Gasteiger partial charge in [0.05, 0.1) is 32.5 Å². The Morgan fingerprint density at radius 3 is 1.12 bits per heavy atom. The molecule has 1 aliphatic rings. The van der Waals surface area contributed by atoms with Crippen LogP contribution in [0.25, 0.3) is 0 Å². The topological polar surface area (TPSA) is 272 Å². The first-order valence-electron chi connectivity index (χ1n) is 38.6. The second kappa shape index (κ2) is 63.0. The molecule has 1 heterocycles. The van der Waals surface area contributed by atoms with E-state index in [1.54, 1.807) is 0 Å². The average Bonchev–Trinajstić information content (AvgIpc) is 0.787. The number of aliphatic hydroxyl groups excluding tert-OH is 1. The van der Waals surface area contributed by atoms with Crippen LogP contribution in [0.2, 0.25) is 0 Å². The number of nitrogens with zero attached hydrogens (tertiary/aromatic N) is 1. The molecule has 0 aliphatic carbocycles. The van der Waals surface area contributed by atoms with E-state index in [0.29, 0.717) is 51.4 Å². The Kier molecular flexibility index (Phi) is 60.8. The number of rotatable bonds is 63. The first-order valence-corrected chi connectivity index (χ1v) is 40.1. The molecule has 1 saturated heterocycles. The van der Waals surface area contributed by atoms with E-state index in [4.69, 9.17) is 32.9 Å². The minimum absolute atomic E-state index is 0.0846. The standard InChI is InChI=1S/C68H127N2O17P.C6H15N/c1-7-13-19-22-25-28-31-34-40-43-55(82-61(74)46-37-16-10-4)51-59(72)69-49-50-81-68-65(70-60(73)52-56(83-62(75)47-38-17-11-5)44-41-35-32-29-26-23-20-14-8-2)67(66(58(54-71)85-68)87-88(78,79)80)86-64(77)53-57(84-63(76)48-39-18-12-6)45-42-36-33-30-27-24-21-15-9-3;1-4-7(5-2)6-3/h55-58,65-68,71H,7-54H2,1-6H3,(H,69,72)(H,70,73)(H2,78,79,80);4-6H2,1-3H3/t55-,56-,57-,58-,65-,66-,67-,68+;/m1./s1. The van der Waals surface area contributed by atoms with Crippen molar-refractivity contribution in [3.8, 4) is 0 Å². The summed E-state index contributed by atoms with van der Waals surface area (Å²) in [5.41, 5.74) is 0. The van der Waals surface area contributed by atoms with E-state index in [1.165, 1.54) is 103 Å². The van der Waals surface area contributed by atoms with Crippen LogP contribution in [-0.4, -0.2) is 144 Å². The quantitative estimate of drug-likeness (QED) is 0.0164. The molecule has 0 spiro atoms. The van der Waals surface area contributed by atoms with E-state index in [2.05, 4.69) is 64.0 Å². The van der Waals surface area contributed by atoms with Crippen LogP contribution in [0.15, 0.2) is 0 Å². The van der Waals surface area contributed by atoms with Crippen molar-refractivity contribution in [2.24, 2.45) is 0 Å². The zero-order valence-corrected chi connectivity index (χ0v) is 62.5. The molecule has 1 aliphatic heterocycles. The molecule has 21 heteroatoms. The summed E-state index contributed by atoms with van der Waals surface area (Å²) < 4.78 is 54.3. The number of hydrogen-bond acceptors (Lipinski definition) is 16. The maximum absolute atomic E-state index is 14.5. The van der Waals surface area contributed by atoms with Crippen LogP contribution >= 0.6 is 7.82 Å². The lowest BCUT2D eigenvalue weighted by atomic mass is 9.96. The molecule has 0 aromatic heterocycles. The van der Waals surface area contributed by atoms with Gasteiger partial charge in [-0.05, 0) is 77.4 Å². The van der Waals surface area contributed by atoms with Gasteiger partial charge in [0.2, 0.25) is 11.8 Å². The smallest absolute Gasteiger partial charge is 0.462 e. The largest absolute Gasteiger partial charge is 0.470 e. The predicted molar refractivity (Wildman–Crippen MR) is 378 cm³/mol. The number of unbranched alkanes of at least 4 members (excludes halogenated alkanes) is 30. The van der Waals surface area contributed by atoms with Crippen molar-refractivity contribution in [2.45, 2.75) is 400 Å². The van der Waals surface area contributed by atoms with Crippen LogP contribution in [0.5, 0.6) is 0 Å². The minimum atomic E-state index is -5.44. The minimum Gasteiger partial charge on any atom is -0.462 e. The van der Waals surface area contributed by atoms with Gasteiger partial charge in [-0.3, -0.25) is 33.3 Å². The number of phosphoric acid groups is 1. The number of carbonyl (C=O) groups excluding carboxylic acids is 6. The monoisotopic (exact) mass is 1380 g/mol. The van der Waals surface area contributed by atoms with E-state index in [1.807, 2.05) is 13.8 Å². The van der Waals surface area contributed by atoms with Gasteiger partial charge >= 0.3 is 31.7 Å². The molecule has 0 aromatic rings. The van der Waals surface area contributed by atoms with Gasteiger partial charge in [0.25, 0.3) is 0 Å². The zero-order chi connectivity index (χ0) is 70.6. The summed E-state index contributed by atoms with van der Waals surface area (Å²) in [6, 6.07) is -1.57. The summed E-state index contributed by atoms with van der Waals surface area (Å²) in [6.07, 6.45) is 27.8. The van der Waals surface area contributed by atoms with Crippen LogP contribution < -0.4 is 10.6 Å². The zero-order valence-electron chi connectivity index (χ0n) is 61.6. The van der Waals surface area contributed by atoms with Gasteiger partial charge < -0.3 is 58.8 Å². The van der Waals surface area contributed by atoms with Crippen molar-refractivity contribution in [2.75, 3.05) is 39.4 Å². The molecule has 0 bridgehead atoms. The summed E-state index contributed by atoms with van der Waals surface area (Å²) in [5.74, 6) is -3.29. The van der Waals surface area contributed by atoms with Crippen LogP contribution in [0.1, 0.15) is 351 Å². The Bertz CT molecular complexity index is 1920. The summed E-state index contributed by atoms with van der Waals surface area (Å²) in [5, 5.41) is 16.4. The number of amides is 2. The lowest BCUT2D eigenvalue weighted by Crippen LogP contribution is -2.66. The molecule has 1 rings (SSSR count). The highest BCUT2D eigenvalue weighted by atomic mass is 31.2. The second-order valence-electron chi connectivity index (χ2n) is 26.3. The summed E-state index contributed by atoms with van der Waals surface area (Å²) >= 11 is 0. The van der Waals surface area contributed by atoms with Gasteiger partial charge in [0, 0.05) is 25.8 Å². The molecule has 2 amide bonds. The van der Waals surface area contributed by atoms with E-state index in [0.717, 1.165) is 116 Å². The molecule has 1 fully saturated rings. The van der Waals surface area contributed by atoms with Gasteiger partial charge in [-0.1, -0.05) is 255 Å². The SMILES string of the molecule is CCCCCCCCCCC[C@H](CC(=O)NCCO[C@H]1O[C@H](CO)[C@@H](OP(=O)(O)O)[C@H](OC(=O)C[C@@H](CCCCCCCCCCC)OC(=O)CCCCC)[C@H]1NC(=O)C[C@@H](CCCCCCCCCCC)OC(=O)CCCCC)OC(=O)CCCCC.CCN(CC)CC. The van der Waals surface area contributed by atoms with Gasteiger partial charge in [-0.25, -0.2) is 4.57 Å². The summed E-state index contributed by atoms with van der Waals surface area (Å²) in [4.78, 5) is 105. The molecular weight excluding hydrogens is 1230 g/mol. The van der Waals surface area contributed by atoms with Crippen LogP contribution in [0.3, 0.4) is 0 Å². The first-order chi connectivity index (χ1) is 45.9. The Morgan fingerprint density at radius 2 is 0.779 bits per heavy atom. The molecule has 0 aromatic carbocycles. The molecule has 0 saturated carbocycles. The van der Waals surface area contributed by atoms with E-state index in [-0.39, 0.29) is 51.2 Å². The van der Waals surface area contributed by atoms with Crippen molar-refractivity contribution in [3.05, 3.63) is 0 Å². The summed E-state index contributed by atoms with van der Waals surface area (Å²) in [7, 11) is -5.44. The number of nitrogens with one attached hydrogen (secondary N) is 2. The van der Waals surface area contributed by atoms with Gasteiger partial charge in [-0.15, -0.1) is 0 Å². The number of phosphoric ester groups is 1. The van der Waals surface area contributed by atoms with Crippen molar-refractivity contribution < 1.29 is 81.2 Å². The highest BCUT2D eigenvalue weighted by Crippen LogP contribution is 2.42. The number of esters is 4. The molecule has 0 radical (unpaired) electrons. The van der Waals surface area contributed by atoms with Crippen molar-refractivity contribution in [1.29, 1.82) is 0 Å². The molecular formula is C74H142N3O17P. The molecule has 0 unspecified atom stereocenters. The number of carbonyl (C=O) groups is 6. The lowest BCUT2D eigenvalue weighted by molar-refractivity contribution is -0.270. The highest BCUT2D eigenvalue weighted by molar-refractivity contribution is 7.46. The molecule has 20 nitrogen and oxygen atoms in total. The van der Waals surface area contributed by atoms with E-state index >= 15 is 0 Å². The fourth-order valence-corrected chi connectivity index (χ4v) is 12.4. The highest BCUT2D eigenvalue weighted by Gasteiger charge is 2.52. The Labute approximate surface area is 577 Å².